The number of benzene rings is 1. The zero-order valence-electron chi connectivity index (χ0n) is 9.43. The Kier molecular flexibility index (Phi) is 2.61. The predicted molar refractivity (Wildman–Crippen MR) is 60.7 cm³/mol. The number of carbonyl (C=O) groups excluding carboxylic acids is 1. The molecule has 2 bridgehead atoms. The van der Waals surface area contributed by atoms with Crippen LogP contribution < -0.4 is 4.74 Å². The van der Waals surface area contributed by atoms with Crippen LogP contribution in [0.15, 0.2) is 24.3 Å². The first-order valence-corrected chi connectivity index (χ1v) is 6.03. The van der Waals surface area contributed by atoms with E-state index in [4.69, 9.17) is 4.74 Å². The van der Waals surface area contributed by atoms with Crippen LogP contribution in [0.25, 0.3) is 0 Å². The average molecular weight is 233 g/mol. The fraction of sp³-hybridized carbons (Fsp3) is 0.429. The maximum absolute atomic E-state index is 12.7. The summed E-state index contributed by atoms with van der Waals surface area (Å²) >= 11 is 0. The zero-order chi connectivity index (χ0) is 11.8. The van der Waals surface area contributed by atoms with E-state index in [1.54, 1.807) is 0 Å². The molecular formula is C14H14FO2. The number of halogens is 1. The first kappa shape index (κ1) is 10.8. The summed E-state index contributed by atoms with van der Waals surface area (Å²) in [7, 11) is 0. The normalized spacial score (nSPS) is 30.5. The number of fused-ring (bicyclic) bond motifs is 2. The van der Waals surface area contributed by atoms with Gasteiger partial charge in [-0.15, -0.1) is 0 Å². The maximum Gasteiger partial charge on any atom is 0.314 e. The quantitative estimate of drug-likeness (QED) is 0.580. The predicted octanol–water partition coefficient (Wildman–Crippen LogP) is 2.98. The second kappa shape index (κ2) is 4.13. The molecule has 1 radical (unpaired) electrons. The summed E-state index contributed by atoms with van der Waals surface area (Å²) in [5.41, 5.74) is 0. The summed E-state index contributed by atoms with van der Waals surface area (Å²) in [6, 6.07) is 5.59. The van der Waals surface area contributed by atoms with Crippen molar-refractivity contribution in [3.05, 3.63) is 36.5 Å². The Morgan fingerprint density at radius 3 is 2.59 bits per heavy atom. The lowest BCUT2D eigenvalue weighted by Gasteiger charge is -2.19. The summed E-state index contributed by atoms with van der Waals surface area (Å²) in [5, 5.41) is 0. The molecule has 0 N–H and O–H groups in total. The number of rotatable bonds is 2. The van der Waals surface area contributed by atoms with Gasteiger partial charge in [-0.05, 0) is 61.8 Å². The molecule has 0 aliphatic heterocycles. The Morgan fingerprint density at radius 2 is 2.00 bits per heavy atom. The first-order valence-electron chi connectivity index (χ1n) is 6.03. The van der Waals surface area contributed by atoms with Crippen molar-refractivity contribution in [1.29, 1.82) is 0 Å². The van der Waals surface area contributed by atoms with Crippen LogP contribution in [0.3, 0.4) is 0 Å². The van der Waals surface area contributed by atoms with Gasteiger partial charge in [0.1, 0.15) is 11.6 Å². The Hall–Kier alpha value is -1.38. The van der Waals surface area contributed by atoms with Crippen LogP contribution in [0, 0.1) is 30.0 Å². The molecule has 0 saturated heterocycles. The van der Waals surface area contributed by atoms with Crippen LogP contribution in [0.2, 0.25) is 0 Å². The van der Waals surface area contributed by atoms with E-state index in [0.717, 1.165) is 19.3 Å². The summed E-state index contributed by atoms with van der Waals surface area (Å²) in [6.45, 7) is 0. The van der Waals surface area contributed by atoms with Crippen LogP contribution in [-0.2, 0) is 4.79 Å². The number of hydrogen-bond donors (Lipinski definition) is 0. The molecule has 0 heterocycles. The smallest absolute Gasteiger partial charge is 0.314 e. The van der Waals surface area contributed by atoms with Gasteiger partial charge in [-0.3, -0.25) is 4.79 Å². The van der Waals surface area contributed by atoms with Crippen LogP contribution in [0.5, 0.6) is 5.75 Å². The molecule has 2 aliphatic carbocycles. The van der Waals surface area contributed by atoms with Gasteiger partial charge in [0.25, 0.3) is 0 Å². The molecular weight excluding hydrogens is 219 g/mol. The van der Waals surface area contributed by atoms with E-state index in [0.29, 0.717) is 17.6 Å². The molecule has 3 atom stereocenters. The number of esters is 1. The van der Waals surface area contributed by atoms with Crippen molar-refractivity contribution in [3.63, 3.8) is 0 Å². The van der Waals surface area contributed by atoms with E-state index in [1.165, 1.54) is 24.3 Å². The van der Waals surface area contributed by atoms with Gasteiger partial charge in [-0.1, -0.05) is 0 Å². The van der Waals surface area contributed by atoms with Crippen molar-refractivity contribution >= 4 is 5.97 Å². The monoisotopic (exact) mass is 233 g/mol. The number of carbonyl (C=O) groups is 1. The third kappa shape index (κ3) is 2.06. The minimum atomic E-state index is -0.320. The summed E-state index contributed by atoms with van der Waals surface area (Å²) in [4.78, 5) is 12.0. The van der Waals surface area contributed by atoms with Crippen molar-refractivity contribution in [1.82, 2.24) is 0 Å². The second-order valence-electron chi connectivity index (χ2n) is 4.94. The van der Waals surface area contributed by atoms with Crippen LogP contribution in [0.4, 0.5) is 4.39 Å². The van der Waals surface area contributed by atoms with Gasteiger partial charge in [-0.2, -0.15) is 0 Å². The SMILES string of the molecule is O=C(Oc1ccc(F)cc1)C1CC2[CH]CC1C2. The lowest BCUT2D eigenvalue weighted by Crippen LogP contribution is -2.25. The molecule has 3 heteroatoms. The van der Waals surface area contributed by atoms with Crippen molar-refractivity contribution in [2.75, 3.05) is 0 Å². The Labute approximate surface area is 99.8 Å². The molecule has 1 aromatic rings. The largest absolute Gasteiger partial charge is 0.426 e. The maximum atomic E-state index is 12.7. The Bertz CT molecular complexity index is 426. The molecule has 2 saturated carbocycles. The van der Waals surface area contributed by atoms with Gasteiger partial charge < -0.3 is 4.74 Å². The summed E-state index contributed by atoms with van der Waals surface area (Å²) in [5.74, 6) is 1.06. The molecule has 1 aromatic carbocycles. The zero-order valence-corrected chi connectivity index (χ0v) is 9.43. The molecule has 3 unspecified atom stereocenters. The van der Waals surface area contributed by atoms with Crippen LogP contribution in [-0.4, -0.2) is 5.97 Å². The third-order valence-electron chi connectivity index (χ3n) is 3.84. The standard InChI is InChI=1S/C14H14FO2/c15-11-3-5-12(6-4-11)17-14(16)13-8-9-1-2-10(13)7-9/h1,3-6,9-10,13H,2,7-8H2. The highest BCUT2D eigenvalue weighted by Crippen LogP contribution is 2.48. The molecule has 0 spiro atoms. The lowest BCUT2D eigenvalue weighted by molar-refractivity contribution is -0.140. The minimum absolute atomic E-state index is 0.0371. The molecule has 2 aliphatic rings. The summed E-state index contributed by atoms with van der Waals surface area (Å²) in [6.07, 6.45) is 5.40. The van der Waals surface area contributed by atoms with Gasteiger partial charge in [0.05, 0.1) is 5.92 Å². The second-order valence-corrected chi connectivity index (χ2v) is 4.94. The van der Waals surface area contributed by atoms with Crippen molar-refractivity contribution < 1.29 is 13.9 Å². The fourth-order valence-electron chi connectivity index (χ4n) is 2.97. The van der Waals surface area contributed by atoms with Gasteiger partial charge in [0.2, 0.25) is 0 Å². The highest BCUT2D eigenvalue weighted by molar-refractivity contribution is 5.76. The topological polar surface area (TPSA) is 26.3 Å². The molecule has 2 fully saturated rings. The average Bonchev–Trinajstić information content (AvgIpc) is 2.94. The van der Waals surface area contributed by atoms with Crippen LogP contribution >= 0.6 is 0 Å². The lowest BCUT2D eigenvalue weighted by atomic mass is 9.89. The molecule has 0 amide bonds. The molecule has 0 aromatic heterocycles. The van der Waals surface area contributed by atoms with Gasteiger partial charge in [0, 0.05) is 0 Å². The van der Waals surface area contributed by atoms with Gasteiger partial charge in [0.15, 0.2) is 0 Å². The third-order valence-corrected chi connectivity index (χ3v) is 3.84. The fourth-order valence-corrected chi connectivity index (χ4v) is 2.97. The van der Waals surface area contributed by atoms with E-state index in [1.807, 2.05) is 0 Å². The number of hydrogen-bond acceptors (Lipinski definition) is 2. The molecule has 89 valence electrons. The van der Waals surface area contributed by atoms with Crippen molar-refractivity contribution in [2.24, 2.45) is 17.8 Å². The van der Waals surface area contributed by atoms with Gasteiger partial charge >= 0.3 is 5.97 Å². The van der Waals surface area contributed by atoms with Crippen LogP contribution in [0.1, 0.15) is 19.3 Å². The van der Waals surface area contributed by atoms with E-state index in [9.17, 15) is 9.18 Å². The van der Waals surface area contributed by atoms with E-state index in [2.05, 4.69) is 6.42 Å². The van der Waals surface area contributed by atoms with E-state index < -0.39 is 0 Å². The Morgan fingerprint density at radius 1 is 1.24 bits per heavy atom. The van der Waals surface area contributed by atoms with Gasteiger partial charge in [-0.25, -0.2) is 4.39 Å². The highest BCUT2D eigenvalue weighted by atomic mass is 19.1. The van der Waals surface area contributed by atoms with Crippen molar-refractivity contribution in [3.8, 4) is 5.75 Å². The van der Waals surface area contributed by atoms with E-state index in [-0.39, 0.29) is 17.7 Å². The van der Waals surface area contributed by atoms with Crippen molar-refractivity contribution in [2.45, 2.75) is 19.3 Å². The molecule has 17 heavy (non-hydrogen) atoms. The minimum Gasteiger partial charge on any atom is -0.426 e. The Balaban J connectivity index is 1.65. The molecule has 3 rings (SSSR count). The number of ether oxygens (including phenoxy) is 1. The first-order chi connectivity index (χ1) is 8.22. The molecule has 2 nitrogen and oxygen atoms in total. The summed E-state index contributed by atoms with van der Waals surface area (Å²) < 4.78 is 18.0. The highest BCUT2D eigenvalue weighted by Gasteiger charge is 2.44. The van der Waals surface area contributed by atoms with E-state index >= 15 is 0 Å².